The summed E-state index contributed by atoms with van der Waals surface area (Å²) in [7, 11) is 0. The molecular formula is C20H34. The highest BCUT2D eigenvalue weighted by atomic mass is 14.0. The van der Waals surface area contributed by atoms with Gasteiger partial charge in [-0.25, -0.2) is 0 Å². The van der Waals surface area contributed by atoms with Crippen LogP contribution < -0.4 is 0 Å². The van der Waals surface area contributed by atoms with Gasteiger partial charge < -0.3 is 0 Å². The van der Waals surface area contributed by atoms with Crippen LogP contribution in [0.5, 0.6) is 0 Å². The van der Waals surface area contributed by atoms with Crippen LogP contribution in [0, 0.1) is 0 Å². The van der Waals surface area contributed by atoms with Gasteiger partial charge in [-0.05, 0) is 80.0 Å². The third-order valence-corrected chi connectivity index (χ3v) is 3.19. The zero-order valence-corrected chi connectivity index (χ0v) is 14.4. The Hall–Kier alpha value is -1.04. The molecular weight excluding hydrogens is 240 g/mol. The topological polar surface area (TPSA) is 0 Å². The molecule has 20 heavy (non-hydrogen) atoms. The minimum absolute atomic E-state index is 0.102. The summed E-state index contributed by atoms with van der Waals surface area (Å²) in [5, 5.41) is 0. The van der Waals surface area contributed by atoms with Crippen LogP contribution >= 0.6 is 0 Å². The molecule has 0 aliphatic heterocycles. The average molecular weight is 275 g/mol. The van der Waals surface area contributed by atoms with Crippen molar-refractivity contribution < 1.29 is 1.37 Å². The molecule has 0 bridgehead atoms. The van der Waals surface area contributed by atoms with Gasteiger partial charge in [0.25, 0.3) is 0 Å². The maximum absolute atomic E-state index is 8.11. The first-order chi connectivity index (χ1) is 9.81. The predicted molar refractivity (Wildman–Crippen MR) is 94.1 cm³/mol. The Balaban J connectivity index is 4.14. The Morgan fingerprint density at radius 2 is 1.10 bits per heavy atom. The van der Waals surface area contributed by atoms with Crippen LogP contribution in [0.25, 0.3) is 0 Å². The summed E-state index contributed by atoms with van der Waals surface area (Å²) in [6, 6.07) is 0. The number of rotatable bonds is 9. The summed E-state index contributed by atoms with van der Waals surface area (Å²) in [6.45, 7) is 12.9. The maximum Gasteiger partial charge on any atom is 0.0313 e. The zero-order valence-electron chi connectivity index (χ0n) is 15.4. The largest absolute Gasteiger partial charge is 0.0856 e. The number of hydrogen-bond acceptors (Lipinski definition) is 0. The molecule has 1 unspecified atom stereocenters. The van der Waals surface area contributed by atoms with Crippen LogP contribution in [0.1, 0.15) is 81.4 Å². The van der Waals surface area contributed by atoms with Crippen LogP contribution in [0.15, 0.2) is 46.6 Å². The first-order valence-corrected chi connectivity index (χ1v) is 7.83. The zero-order chi connectivity index (χ0) is 16.3. The van der Waals surface area contributed by atoms with Crippen molar-refractivity contribution in [1.29, 1.82) is 0 Å². The molecule has 0 N–H and O–H groups in total. The molecule has 0 rings (SSSR count). The number of hydrogen-bond donors (Lipinski definition) is 0. The Bertz CT molecular complexity index is 400. The molecule has 0 saturated heterocycles. The van der Waals surface area contributed by atoms with E-state index in [4.69, 9.17) is 1.37 Å². The van der Waals surface area contributed by atoms with Crippen molar-refractivity contribution in [2.75, 3.05) is 0 Å². The van der Waals surface area contributed by atoms with Crippen LogP contribution in [0.4, 0.5) is 0 Å². The van der Waals surface area contributed by atoms with E-state index < -0.39 is 0 Å². The van der Waals surface area contributed by atoms with Gasteiger partial charge in [0, 0.05) is 1.37 Å². The summed E-state index contributed by atoms with van der Waals surface area (Å²) in [5.74, 6) is 0. The molecule has 0 heteroatoms. The Labute approximate surface area is 128 Å². The molecule has 0 radical (unpaired) electrons. The minimum Gasteiger partial charge on any atom is -0.0856 e. The molecule has 0 spiro atoms. The van der Waals surface area contributed by atoms with E-state index in [1.807, 2.05) is 0 Å². The van der Waals surface area contributed by atoms with Crippen molar-refractivity contribution in [2.24, 2.45) is 0 Å². The molecule has 0 aliphatic carbocycles. The maximum atomic E-state index is 8.11. The van der Waals surface area contributed by atoms with E-state index in [2.05, 4.69) is 65.8 Å². The third kappa shape index (κ3) is 13.4. The number of allylic oxidation sites excluding steroid dienone is 8. The highest BCUT2D eigenvalue weighted by Crippen LogP contribution is 2.11. The fourth-order valence-corrected chi connectivity index (χ4v) is 1.90. The monoisotopic (exact) mass is 275 g/mol. The van der Waals surface area contributed by atoms with Gasteiger partial charge in [-0.15, -0.1) is 0 Å². The van der Waals surface area contributed by atoms with Gasteiger partial charge >= 0.3 is 0 Å². The highest BCUT2D eigenvalue weighted by molar-refractivity contribution is 5.05. The van der Waals surface area contributed by atoms with Crippen molar-refractivity contribution in [3.05, 3.63) is 46.6 Å². The molecule has 114 valence electrons. The van der Waals surface area contributed by atoms with Crippen LogP contribution in [-0.2, 0) is 0 Å². The predicted octanol–water partition coefficient (Wildman–Crippen LogP) is 7.15. The fraction of sp³-hybridized carbons (Fsp3) is 0.600. The minimum atomic E-state index is -0.102. The quantitative estimate of drug-likeness (QED) is 0.392. The van der Waals surface area contributed by atoms with E-state index in [1.165, 1.54) is 22.3 Å². The van der Waals surface area contributed by atoms with Gasteiger partial charge in [-0.2, -0.15) is 0 Å². The summed E-state index contributed by atoms with van der Waals surface area (Å²) in [5.41, 5.74) is 5.50. The van der Waals surface area contributed by atoms with Crippen LogP contribution in [-0.4, -0.2) is 0 Å². The summed E-state index contributed by atoms with van der Waals surface area (Å²) < 4.78 is 8.11. The van der Waals surface area contributed by atoms with Crippen molar-refractivity contribution in [3.63, 3.8) is 0 Å². The van der Waals surface area contributed by atoms with Crippen molar-refractivity contribution >= 4 is 0 Å². The Morgan fingerprint density at radius 3 is 1.55 bits per heavy atom. The van der Waals surface area contributed by atoms with Crippen molar-refractivity contribution in [3.8, 4) is 0 Å². The molecule has 0 heterocycles. The fourth-order valence-electron chi connectivity index (χ4n) is 1.90. The van der Waals surface area contributed by atoms with Gasteiger partial charge in [0.1, 0.15) is 0 Å². The normalized spacial score (nSPS) is 14.6. The van der Waals surface area contributed by atoms with E-state index in [0.717, 1.165) is 32.1 Å². The van der Waals surface area contributed by atoms with E-state index in [9.17, 15) is 0 Å². The molecule has 1 atom stereocenters. The van der Waals surface area contributed by atoms with Gasteiger partial charge in [0.15, 0.2) is 0 Å². The molecule has 0 aliphatic rings. The average Bonchev–Trinajstić information content (AvgIpc) is 2.35. The molecule has 0 saturated carbocycles. The first kappa shape index (κ1) is 17.0. The lowest BCUT2D eigenvalue weighted by Gasteiger charge is -2.00. The van der Waals surface area contributed by atoms with E-state index >= 15 is 0 Å². The van der Waals surface area contributed by atoms with E-state index in [-0.39, 0.29) is 6.40 Å². The Morgan fingerprint density at radius 1 is 0.650 bits per heavy atom. The second-order valence-corrected chi connectivity index (χ2v) is 6.18. The Kier molecular flexibility index (Phi) is 10.0. The SMILES string of the molecule is [2H]C(/C=C(\C)CCC=C(C)C)C/C=C(\C)CCC=C(C)C. The highest BCUT2D eigenvalue weighted by Gasteiger charge is 1.91. The standard InChI is InChI=1S/C20H34/c1-17(2)11-9-15-19(5)13-7-8-14-20(6)16-10-12-18(3)4/h11-14H,7-10,15-16H2,1-6H3/b19-13+,20-14+/i7D. The third-order valence-electron chi connectivity index (χ3n) is 3.19. The molecule has 0 aromatic heterocycles. The molecule has 0 aromatic carbocycles. The lowest BCUT2D eigenvalue weighted by molar-refractivity contribution is 0.916. The lowest BCUT2D eigenvalue weighted by atomic mass is 10.1. The van der Waals surface area contributed by atoms with Gasteiger partial charge in [0.05, 0.1) is 0 Å². The molecule has 0 aromatic rings. The van der Waals surface area contributed by atoms with Gasteiger partial charge in [-0.1, -0.05) is 46.6 Å². The van der Waals surface area contributed by atoms with Gasteiger partial charge in [-0.3, -0.25) is 0 Å². The first-order valence-electron chi connectivity index (χ1n) is 8.41. The van der Waals surface area contributed by atoms with Crippen molar-refractivity contribution in [1.82, 2.24) is 0 Å². The smallest absolute Gasteiger partial charge is 0.0313 e. The van der Waals surface area contributed by atoms with Crippen LogP contribution in [0.3, 0.4) is 0 Å². The summed E-state index contributed by atoms with van der Waals surface area (Å²) in [4.78, 5) is 0. The molecule has 0 fully saturated rings. The summed E-state index contributed by atoms with van der Waals surface area (Å²) in [6.07, 6.45) is 14.0. The lowest BCUT2D eigenvalue weighted by Crippen LogP contribution is -1.80. The van der Waals surface area contributed by atoms with Crippen molar-refractivity contribution in [2.45, 2.75) is 80.0 Å². The van der Waals surface area contributed by atoms with Crippen LogP contribution in [0.2, 0.25) is 0 Å². The summed E-state index contributed by atoms with van der Waals surface area (Å²) >= 11 is 0. The van der Waals surface area contributed by atoms with Gasteiger partial charge in [0.2, 0.25) is 0 Å². The second kappa shape index (κ2) is 11.8. The molecule has 0 amide bonds. The second-order valence-electron chi connectivity index (χ2n) is 6.18. The molecule has 0 nitrogen and oxygen atoms in total. The van der Waals surface area contributed by atoms with E-state index in [0.29, 0.717) is 0 Å². The van der Waals surface area contributed by atoms with E-state index in [1.54, 1.807) is 0 Å².